The number of guanidine groups is 1. The van der Waals surface area contributed by atoms with E-state index in [-0.39, 0.29) is 0 Å². The molecule has 182 valence electrons. The lowest BCUT2D eigenvalue weighted by Gasteiger charge is -2.33. The average molecular weight is 535 g/mol. The van der Waals surface area contributed by atoms with E-state index < -0.39 is 18.3 Å². The summed E-state index contributed by atoms with van der Waals surface area (Å²) in [7, 11) is 0. The number of nitrogens with zero attached hydrogens (tertiary/aromatic N) is 4. The maximum atomic E-state index is 14.3. The number of alkyl halides is 3. The smallest absolute Gasteiger partial charge is 0.303 e. The van der Waals surface area contributed by atoms with Crippen molar-refractivity contribution in [2.45, 2.75) is 57.8 Å². The molecule has 2 aromatic carbocycles. The molecular weight excluding hydrogens is 505 g/mol. The van der Waals surface area contributed by atoms with Gasteiger partial charge in [-0.2, -0.15) is 13.2 Å². The maximum absolute atomic E-state index is 14.3. The van der Waals surface area contributed by atoms with Gasteiger partial charge in [0, 0.05) is 17.6 Å². The summed E-state index contributed by atoms with van der Waals surface area (Å²) in [5.41, 5.74) is 3.60. The van der Waals surface area contributed by atoms with Gasteiger partial charge in [0.2, 0.25) is 5.96 Å². The molecule has 5 rings (SSSR count). The number of fused-ring (bicyclic) bond motifs is 3. The summed E-state index contributed by atoms with van der Waals surface area (Å²) >= 11 is 3.68. The van der Waals surface area contributed by atoms with E-state index in [0.29, 0.717) is 24.3 Å². The minimum Gasteiger partial charge on any atom is -0.303 e. The highest BCUT2D eigenvalue weighted by molar-refractivity contribution is 9.10. The second-order valence-electron chi connectivity index (χ2n) is 9.84. The molecule has 2 aromatic rings. The monoisotopic (exact) mass is 534 g/mol. The number of hydrogen-bond donors (Lipinski definition) is 0. The van der Waals surface area contributed by atoms with Gasteiger partial charge in [-0.3, -0.25) is 4.90 Å². The molecule has 2 atom stereocenters. The first kappa shape index (κ1) is 23.7. The van der Waals surface area contributed by atoms with Crippen LogP contribution in [0.1, 0.15) is 45.1 Å². The third-order valence-electron chi connectivity index (χ3n) is 7.07. The van der Waals surface area contributed by atoms with E-state index in [1.807, 2.05) is 59.2 Å². The van der Waals surface area contributed by atoms with Crippen molar-refractivity contribution in [2.24, 2.45) is 10.9 Å². The molecule has 1 aliphatic carbocycles. The van der Waals surface area contributed by atoms with Gasteiger partial charge < -0.3 is 9.80 Å². The first-order chi connectivity index (χ1) is 16.2. The van der Waals surface area contributed by atoms with E-state index in [4.69, 9.17) is 0 Å². The van der Waals surface area contributed by atoms with Crippen LogP contribution in [0.25, 0.3) is 0 Å². The topological polar surface area (TPSA) is 22.1 Å². The molecule has 4 nitrogen and oxygen atoms in total. The van der Waals surface area contributed by atoms with Gasteiger partial charge in [0.15, 0.2) is 6.04 Å². The average Bonchev–Trinajstić information content (AvgIpc) is 3.44. The highest BCUT2D eigenvalue weighted by Gasteiger charge is 2.56. The Labute approximate surface area is 207 Å². The number of likely N-dealkylation sites (N-methyl/N-ethyl adjacent to an activating group) is 1. The zero-order chi connectivity index (χ0) is 24.2. The molecule has 0 aromatic heterocycles. The summed E-state index contributed by atoms with van der Waals surface area (Å²) in [4.78, 5) is 10.2. The standard InChI is InChI=1S/C26H30BrF3N4/c1-4-32(14-17-9-10-17)15-23-24(26(28,29)30)31-25-33(21-7-5-6-8-22(21)34(23)25)20-12-11-18(16(2)3)13-19(20)27/h5-8,11-13,16-17,23-24H,4,9-10,14-15H2,1-3H3. The lowest BCUT2D eigenvalue weighted by molar-refractivity contribution is -0.150. The van der Waals surface area contributed by atoms with Gasteiger partial charge in [-0.1, -0.05) is 39.0 Å². The molecule has 1 saturated carbocycles. The van der Waals surface area contributed by atoms with Crippen molar-refractivity contribution in [3.8, 4) is 0 Å². The fraction of sp³-hybridized carbons (Fsp3) is 0.500. The van der Waals surface area contributed by atoms with Crippen LogP contribution < -0.4 is 9.80 Å². The van der Waals surface area contributed by atoms with Crippen molar-refractivity contribution in [2.75, 3.05) is 29.4 Å². The Bertz CT molecular complexity index is 1100. The Balaban J connectivity index is 1.57. The van der Waals surface area contributed by atoms with Crippen LogP contribution in [-0.4, -0.2) is 48.8 Å². The van der Waals surface area contributed by atoms with Crippen LogP contribution in [0.4, 0.5) is 30.2 Å². The van der Waals surface area contributed by atoms with Gasteiger partial charge in [0.25, 0.3) is 0 Å². The molecule has 0 saturated heterocycles. The van der Waals surface area contributed by atoms with E-state index in [0.717, 1.165) is 40.2 Å². The molecule has 2 aliphatic heterocycles. The predicted molar refractivity (Wildman–Crippen MR) is 135 cm³/mol. The van der Waals surface area contributed by atoms with Gasteiger partial charge in [-0.25, -0.2) is 4.99 Å². The molecule has 1 fully saturated rings. The first-order valence-corrected chi connectivity index (χ1v) is 12.8. The Kier molecular flexibility index (Phi) is 6.17. The fourth-order valence-electron chi connectivity index (χ4n) is 5.02. The summed E-state index contributed by atoms with van der Waals surface area (Å²) in [6.45, 7) is 8.19. The quantitative estimate of drug-likeness (QED) is 0.384. The van der Waals surface area contributed by atoms with Crippen molar-refractivity contribution < 1.29 is 13.2 Å². The number of halogens is 4. The maximum Gasteiger partial charge on any atom is 0.412 e. The lowest BCUT2D eigenvalue weighted by Crippen LogP contribution is -2.52. The molecule has 34 heavy (non-hydrogen) atoms. The van der Waals surface area contributed by atoms with E-state index in [1.54, 1.807) is 0 Å². The molecule has 2 unspecified atom stereocenters. The molecule has 3 aliphatic rings. The number of aliphatic imine (C=N–C) groups is 1. The number of hydrogen-bond acceptors (Lipinski definition) is 4. The summed E-state index contributed by atoms with van der Waals surface area (Å²) in [5.74, 6) is 1.32. The molecular formula is C26H30BrF3N4. The van der Waals surface area contributed by atoms with Gasteiger partial charge in [-0.15, -0.1) is 0 Å². The third-order valence-corrected chi connectivity index (χ3v) is 7.70. The lowest BCUT2D eigenvalue weighted by atomic mass is 10.0. The van der Waals surface area contributed by atoms with Crippen LogP contribution in [0.2, 0.25) is 0 Å². The molecule has 2 heterocycles. The van der Waals surface area contributed by atoms with Crippen LogP contribution in [0, 0.1) is 5.92 Å². The van der Waals surface area contributed by atoms with Crippen LogP contribution >= 0.6 is 15.9 Å². The van der Waals surface area contributed by atoms with Crippen molar-refractivity contribution in [1.29, 1.82) is 0 Å². The first-order valence-electron chi connectivity index (χ1n) is 12.0. The Hall–Kier alpha value is -2.06. The number of benzene rings is 2. The highest BCUT2D eigenvalue weighted by Crippen LogP contribution is 2.49. The van der Waals surface area contributed by atoms with Gasteiger partial charge in [-0.05, 0) is 77.0 Å². The van der Waals surface area contributed by atoms with Gasteiger partial charge >= 0.3 is 6.18 Å². The van der Waals surface area contributed by atoms with Crippen molar-refractivity contribution in [1.82, 2.24) is 4.90 Å². The fourth-order valence-corrected chi connectivity index (χ4v) is 5.59. The van der Waals surface area contributed by atoms with Gasteiger partial charge in [0.05, 0.1) is 23.1 Å². The molecule has 0 N–H and O–H groups in total. The minimum absolute atomic E-state index is 0.333. The number of anilines is 3. The molecule has 0 spiro atoms. The van der Waals surface area contributed by atoms with E-state index in [9.17, 15) is 13.2 Å². The molecule has 8 heteroatoms. The van der Waals surface area contributed by atoms with E-state index in [2.05, 4.69) is 39.7 Å². The second kappa shape index (κ2) is 8.86. The van der Waals surface area contributed by atoms with E-state index >= 15 is 0 Å². The summed E-state index contributed by atoms with van der Waals surface area (Å²) in [6.07, 6.45) is -2.07. The van der Waals surface area contributed by atoms with Crippen molar-refractivity contribution >= 4 is 39.0 Å². The summed E-state index contributed by atoms with van der Waals surface area (Å²) in [5, 5.41) is 0. The Morgan fingerprint density at radius 2 is 1.76 bits per heavy atom. The van der Waals surface area contributed by atoms with Crippen LogP contribution in [0.15, 0.2) is 51.9 Å². The summed E-state index contributed by atoms with van der Waals surface area (Å²) in [6, 6.07) is 11.2. The normalized spacial score (nSPS) is 22.0. The zero-order valence-corrected chi connectivity index (χ0v) is 21.3. The van der Waals surface area contributed by atoms with E-state index in [1.165, 1.54) is 12.8 Å². The molecule has 0 amide bonds. The summed E-state index contributed by atoms with van der Waals surface area (Å²) < 4.78 is 43.7. The van der Waals surface area contributed by atoms with Crippen LogP contribution in [-0.2, 0) is 0 Å². The Morgan fingerprint density at radius 3 is 2.35 bits per heavy atom. The van der Waals surface area contributed by atoms with Crippen LogP contribution in [0.5, 0.6) is 0 Å². The third kappa shape index (κ3) is 4.24. The SMILES string of the molecule is CCN(CC1CC1)CC1C(C(F)(F)F)N=C2N(c3ccc(C(C)C)cc3Br)c3ccccc3N21. The largest absolute Gasteiger partial charge is 0.412 e. The zero-order valence-electron chi connectivity index (χ0n) is 19.7. The van der Waals surface area contributed by atoms with Crippen molar-refractivity contribution in [3.63, 3.8) is 0 Å². The Morgan fingerprint density at radius 1 is 1.06 bits per heavy atom. The number of rotatable bonds is 7. The van der Waals surface area contributed by atoms with Gasteiger partial charge in [0.1, 0.15) is 0 Å². The molecule has 0 bridgehead atoms. The van der Waals surface area contributed by atoms with Crippen molar-refractivity contribution in [3.05, 3.63) is 52.5 Å². The predicted octanol–water partition coefficient (Wildman–Crippen LogP) is 6.93. The number of para-hydroxylation sites is 2. The highest BCUT2D eigenvalue weighted by atomic mass is 79.9. The van der Waals surface area contributed by atoms with Crippen LogP contribution in [0.3, 0.4) is 0 Å². The second-order valence-corrected chi connectivity index (χ2v) is 10.7. The molecule has 0 radical (unpaired) electrons. The minimum atomic E-state index is -4.42.